The Morgan fingerprint density at radius 1 is 1.21 bits per heavy atom. The molecule has 98 valence electrons. The topological polar surface area (TPSA) is 29.1 Å². The molecular weight excluding hydrogens is 349 g/mol. The Bertz CT molecular complexity index is 616. The number of carbonyl (C=O) groups excluding carboxylic acids is 1. The van der Waals surface area contributed by atoms with E-state index in [4.69, 9.17) is 23.2 Å². The van der Waals surface area contributed by atoms with Crippen LogP contribution in [0.5, 0.6) is 0 Å². The number of hydrogen-bond acceptors (Lipinski definition) is 1. The number of carbonyl (C=O) groups is 1. The molecule has 2 rings (SSSR count). The Balaban J connectivity index is 2.22. The van der Waals surface area contributed by atoms with Crippen LogP contribution in [0.25, 0.3) is 0 Å². The van der Waals surface area contributed by atoms with Crippen molar-refractivity contribution in [1.29, 1.82) is 0 Å². The van der Waals surface area contributed by atoms with Gasteiger partial charge < -0.3 is 5.32 Å². The second kappa shape index (κ2) is 6.42. The van der Waals surface area contributed by atoms with Crippen LogP contribution in [-0.4, -0.2) is 5.91 Å². The molecule has 1 N–H and O–H groups in total. The first kappa shape index (κ1) is 14.4. The molecular formula is C14H10BrCl2NO. The Morgan fingerprint density at radius 3 is 2.74 bits per heavy atom. The second-order valence-corrected chi connectivity index (χ2v) is 5.47. The van der Waals surface area contributed by atoms with Crippen molar-refractivity contribution in [3.63, 3.8) is 0 Å². The summed E-state index contributed by atoms with van der Waals surface area (Å²) in [5, 5.41) is 3.37. The summed E-state index contributed by atoms with van der Waals surface area (Å²) in [5.74, 6) is 0.178. The number of anilines is 1. The highest BCUT2D eigenvalue weighted by atomic mass is 79.9. The van der Waals surface area contributed by atoms with E-state index in [1.165, 1.54) is 0 Å². The first-order valence-electron chi connectivity index (χ1n) is 5.51. The summed E-state index contributed by atoms with van der Waals surface area (Å²) in [7, 11) is 0. The molecule has 0 saturated heterocycles. The molecule has 0 bridgehead atoms. The molecule has 2 aromatic carbocycles. The summed E-state index contributed by atoms with van der Waals surface area (Å²) in [5.41, 5.74) is 2.10. The lowest BCUT2D eigenvalue weighted by Gasteiger charge is -2.08. The van der Waals surface area contributed by atoms with Crippen LogP contribution in [0.1, 0.15) is 15.9 Å². The molecule has 2 nitrogen and oxygen atoms in total. The van der Waals surface area contributed by atoms with Gasteiger partial charge in [-0.05, 0) is 51.8 Å². The average molecular weight is 359 g/mol. The first-order valence-corrected chi connectivity index (χ1v) is 7.22. The largest absolute Gasteiger partial charge is 0.321 e. The minimum absolute atomic E-state index is 0.199. The molecule has 0 aliphatic carbocycles. The molecule has 1 amide bonds. The van der Waals surface area contributed by atoms with Crippen molar-refractivity contribution in [1.82, 2.24) is 0 Å². The van der Waals surface area contributed by atoms with E-state index in [1.807, 2.05) is 6.07 Å². The molecule has 0 fully saturated rings. The van der Waals surface area contributed by atoms with Crippen molar-refractivity contribution in [2.75, 3.05) is 5.32 Å². The van der Waals surface area contributed by atoms with E-state index < -0.39 is 0 Å². The third-order valence-corrected chi connectivity index (χ3v) is 3.76. The van der Waals surface area contributed by atoms with E-state index in [2.05, 4.69) is 21.2 Å². The Hall–Kier alpha value is -1.03. The molecule has 2 aromatic rings. The van der Waals surface area contributed by atoms with Crippen LogP contribution in [0.4, 0.5) is 5.69 Å². The molecule has 0 unspecified atom stereocenters. The van der Waals surface area contributed by atoms with Crippen LogP contribution in [0.2, 0.25) is 5.02 Å². The summed E-state index contributed by atoms with van der Waals surface area (Å²) < 4.78 is 0.777. The van der Waals surface area contributed by atoms with Gasteiger partial charge in [0.2, 0.25) is 0 Å². The summed E-state index contributed by atoms with van der Waals surface area (Å²) in [6.07, 6.45) is 0. The third-order valence-electron chi connectivity index (χ3n) is 2.52. The summed E-state index contributed by atoms with van der Waals surface area (Å²) in [6, 6.07) is 12.4. The van der Waals surface area contributed by atoms with Crippen LogP contribution in [0.3, 0.4) is 0 Å². The van der Waals surface area contributed by atoms with Crippen LogP contribution >= 0.6 is 39.1 Å². The fraction of sp³-hybridized carbons (Fsp3) is 0.0714. The van der Waals surface area contributed by atoms with Crippen molar-refractivity contribution >= 4 is 50.7 Å². The van der Waals surface area contributed by atoms with Crippen molar-refractivity contribution in [3.05, 3.63) is 63.1 Å². The highest BCUT2D eigenvalue weighted by Crippen LogP contribution is 2.26. The highest BCUT2D eigenvalue weighted by Gasteiger charge is 2.09. The summed E-state index contributed by atoms with van der Waals surface area (Å²) in [6.45, 7) is 0. The van der Waals surface area contributed by atoms with E-state index in [9.17, 15) is 4.79 Å². The van der Waals surface area contributed by atoms with Gasteiger partial charge in [-0.15, -0.1) is 11.6 Å². The smallest absolute Gasteiger partial charge is 0.255 e. The van der Waals surface area contributed by atoms with Gasteiger partial charge in [0.25, 0.3) is 5.91 Å². The zero-order chi connectivity index (χ0) is 13.8. The van der Waals surface area contributed by atoms with Gasteiger partial charge in [0.05, 0.1) is 5.69 Å². The molecule has 0 radical (unpaired) electrons. The fourth-order valence-electron chi connectivity index (χ4n) is 1.58. The van der Waals surface area contributed by atoms with Gasteiger partial charge in [0.1, 0.15) is 0 Å². The van der Waals surface area contributed by atoms with Gasteiger partial charge in [-0.1, -0.05) is 23.7 Å². The molecule has 5 heteroatoms. The molecule has 0 heterocycles. The summed E-state index contributed by atoms with van der Waals surface area (Å²) >= 11 is 15.0. The maximum Gasteiger partial charge on any atom is 0.255 e. The number of nitrogens with one attached hydrogen (secondary N) is 1. The van der Waals surface area contributed by atoms with E-state index in [0.29, 0.717) is 22.2 Å². The van der Waals surface area contributed by atoms with E-state index in [0.717, 1.165) is 10.0 Å². The van der Waals surface area contributed by atoms with Crippen LogP contribution in [0.15, 0.2) is 46.9 Å². The predicted octanol–water partition coefficient (Wildman–Crippen LogP) is 5.09. The molecule has 0 spiro atoms. The molecule has 0 atom stereocenters. The lowest BCUT2D eigenvalue weighted by molar-refractivity contribution is 0.102. The Labute approximate surface area is 129 Å². The van der Waals surface area contributed by atoms with Gasteiger partial charge in [0, 0.05) is 20.9 Å². The molecule has 0 aliphatic rings. The maximum absolute atomic E-state index is 12.1. The number of alkyl halides is 1. The van der Waals surface area contributed by atoms with Gasteiger partial charge in [-0.2, -0.15) is 0 Å². The van der Waals surface area contributed by atoms with Crippen molar-refractivity contribution in [3.8, 4) is 0 Å². The zero-order valence-electron chi connectivity index (χ0n) is 9.79. The first-order chi connectivity index (χ1) is 9.10. The number of benzene rings is 2. The highest BCUT2D eigenvalue weighted by molar-refractivity contribution is 9.10. The average Bonchev–Trinajstić information content (AvgIpc) is 2.43. The number of amides is 1. The zero-order valence-corrected chi connectivity index (χ0v) is 12.9. The minimum atomic E-state index is -0.199. The van der Waals surface area contributed by atoms with Gasteiger partial charge in [-0.3, -0.25) is 4.79 Å². The Morgan fingerprint density at radius 2 is 2.00 bits per heavy atom. The Kier molecular flexibility index (Phi) is 4.86. The van der Waals surface area contributed by atoms with Gasteiger partial charge >= 0.3 is 0 Å². The number of rotatable bonds is 3. The van der Waals surface area contributed by atoms with E-state index in [1.54, 1.807) is 36.4 Å². The molecule has 0 aliphatic heterocycles. The normalized spacial score (nSPS) is 10.3. The van der Waals surface area contributed by atoms with Crippen molar-refractivity contribution in [2.24, 2.45) is 0 Å². The van der Waals surface area contributed by atoms with E-state index in [-0.39, 0.29) is 5.91 Å². The second-order valence-electron chi connectivity index (χ2n) is 3.91. The lowest BCUT2D eigenvalue weighted by Crippen LogP contribution is -2.12. The molecule has 0 aromatic heterocycles. The lowest BCUT2D eigenvalue weighted by atomic mass is 10.1. The van der Waals surface area contributed by atoms with Crippen LogP contribution < -0.4 is 5.32 Å². The van der Waals surface area contributed by atoms with Crippen LogP contribution in [0, 0.1) is 0 Å². The van der Waals surface area contributed by atoms with Crippen molar-refractivity contribution in [2.45, 2.75) is 5.88 Å². The summed E-state index contributed by atoms with van der Waals surface area (Å²) in [4.78, 5) is 12.1. The quantitative estimate of drug-likeness (QED) is 0.760. The fourth-order valence-corrected chi connectivity index (χ4v) is 2.27. The van der Waals surface area contributed by atoms with E-state index >= 15 is 0 Å². The number of halogens is 3. The standard InChI is InChI=1S/C14H10BrCl2NO/c15-12-5-4-11(17)7-13(12)18-14(19)10-3-1-2-9(6-10)8-16/h1-7H,8H2,(H,18,19). The molecule has 19 heavy (non-hydrogen) atoms. The number of hydrogen-bond donors (Lipinski definition) is 1. The monoisotopic (exact) mass is 357 g/mol. The minimum Gasteiger partial charge on any atom is -0.321 e. The van der Waals surface area contributed by atoms with Gasteiger partial charge in [0.15, 0.2) is 0 Å². The van der Waals surface area contributed by atoms with Crippen molar-refractivity contribution < 1.29 is 4.79 Å². The molecule has 0 saturated carbocycles. The van der Waals surface area contributed by atoms with Gasteiger partial charge in [-0.25, -0.2) is 0 Å². The third kappa shape index (κ3) is 3.72. The SMILES string of the molecule is O=C(Nc1cc(Cl)ccc1Br)c1cccc(CCl)c1. The maximum atomic E-state index is 12.1. The predicted molar refractivity (Wildman–Crippen MR) is 83.1 cm³/mol. The van der Waals surface area contributed by atoms with Crippen LogP contribution in [-0.2, 0) is 5.88 Å².